The highest BCUT2D eigenvalue weighted by Gasteiger charge is 2.06. The summed E-state index contributed by atoms with van der Waals surface area (Å²) < 4.78 is 5.63. The van der Waals surface area contributed by atoms with E-state index in [4.69, 9.17) is 16.3 Å². The average Bonchev–Trinajstić information content (AvgIpc) is 2.68. The third-order valence-corrected chi connectivity index (χ3v) is 4.22. The number of ether oxygens (including phenoxy) is 1. The van der Waals surface area contributed by atoms with Crippen LogP contribution in [0.25, 0.3) is 0 Å². The minimum absolute atomic E-state index is 0.128. The van der Waals surface area contributed by atoms with Gasteiger partial charge in [-0.2, -0.15) is 0 Å². The summed E-state index contributed by atoms with van der Waals surface area (Å²) in [6, 6.07) is 8.05. The van der Waals surface area contributed by atoms with Crippen LogP contribution in [0.1, 0.15) is 29.2 Å². The molecule has 2 aromatic rings. The molecule has 2 nitrogen and oxygen atoms in total. The zero-order valence-corrected chi connectivity index (χ0v) is 13.9. The molecule has 0 atom stereocenters. The van der Waals surface area contributed by atoms with Crippen molar-refractivity contribution in [2.24, 2.45) is 0 Å². The smallest absolute Gasteiger partial charge is 0.138 e. The molecule has 1 heterocycles. The van der Waals surface area contributed by atoms with Gasteiger partial charge in [0, 0.05) is 22.0 Å². The van der Waals surface area contributed by atoms with Crippen LogP contribution in [-0.2, 0) is 6.54 Å². The van der Waals surface area contributed by atoms with Gasteiger partial charge in [-0.3, -0.25) is 0 Å². The Bertz CT molecular complexity index is 592. The van der Waals surface area contributed by atoms with Crippen molar-refractivity contribution in [2.75, 3.05) is 5.32 Å². The topological polar surface area (TPSA) is 21.3 Å². The zero-order valence-electron chi connectivity index (χ0n) is 12.3. The fourth-order valence-electron chi connectivity index (χ4n) is 2.02. The number of benzene rings is 1. The molecule has 108 valence electrons. The molecule has 0 aliphatic rings. The van der Waals surface area contributed by atoms with Crippen LogP contribution in [0.3, 0.4) is 0 Å². The van der Waals surface area contributed by atoms with Crippen molar-refractivity contribution in [3.8, 4) is 5.75 Å². The standard InChI is InChI=1S/C16H20ClNOS/c1-10(2)19-16-6-5-14(8-15(16)17)18-9-13-7-11(3)20-12(13)4/h5-8,10,18H,9H2,1-4H3. The van der Waals surface area contributed by atoms with Gasteiger partial charge in [0.2, 0.25) is 0 Å². The Morgan fingerprint density at radius 1 is 1.25 bits per heavy atom. The molecule has 1 N–H and O–H groups in total. The monoisotopic (exact) mass is 309 g/mol. The van der Waals surface area contributed by atoms with Crippen molar-refractivity contribution in [2.45, 2.75) is 40.3 Å². The fraction of sp³-hybridized carbons (Fsp3) is 0.375. The Labute approximate surface area is 129 Å². The lowest BCUT2D eigenvalue weighted by atomic mass is 10.2. The summed E-state index contributed by atoms with van der Waals surface area (Å²) in [6.07, 6.45) is 0.128. The number of aryl methyl sites for hydroxylation is 2. The molecule has 1 aromatic carbocycles. The fourth-order valence-corrected chi connectivity index (χ4v) is 3.19. The van der Waals surface area contributed by atoms with Crippen molar-refractivity contribution in [1.29, 1.82) is 0 Å². The highest BCUT2D eigenvalue weighted by atomic mass is 35.5. The van der Waals surface area contributed by atoms with Gasteiger partial charge in [0.05, 0.1) is 11.1 Å². The second-order valence-electron chi connectivity index (χ2n) is 5.10. The Kier molecular flexibility index (Phi) is 4.95. The molecule has 0 fully saturated rings. The first-order valence-corrected chi connectivity index (χ1v) is 7.91. The summed E-state index contributed by atoms with van der Waals surface area (Å²) in [5, 5.41) is 4.04. The zero-order chi connectivity index (χ0) is 14.7. The van der Waals surface area contributed by atoms with Gasteiger partial charge in [0.15, 0.2) is 0 Å². The lowest BCUT2D eigenvalue weighted by Crippen LogP contribution is -2.06. The number of halogens is 1. The second kappa shape index (κ2) is 6.51. The van der Waals surface area contributed by atoms with Gasteiger partial charge in [-0.25, -0.2) is 0 Å². The first-order chi connectivity index (χ1) is 9.45. The van der Waals surface area contributed by atoms with Crippen molar-refractivity contribution in [3.63, 3.8) is 0 Å². The molecule has 0 saturated carbocycles. The number of hydrogen-bond donors (Lipinski definition) is 1. The average molecular weight is 310 g/mol. The Morgan fingerprint density at radius 2 is 2.00 bits per heavy atom. The molecule has 0 spiro atoms. The van der Waals surface area contributed by atoms with E-state index >= 15 is 0 Å². The highest BCUT2D eigenvalue weighted by Crippen LogP contribution is 2.29. The van der Waals surface area contributed by atoms with Crippen LogP contribution in [0.2, 0.25) is 5.02 Å². The van der Waals surface area contributed by atoms with Crippen molar-refractivity contribution in [1.82, 2.24) is 0 Å². The first kappa shape index (κ1) is 15.2. The molecule has 1 aromatic heterocycles. The third-order valence-electron chi connectivity index (χ3n) is 2.92. The van der Waals surface area contributed by atoms with Crippen LogP contribution in [0.15, 0.2) is 24.3 Å². The predicted molar refractivity (Wildman–Crippen MR) is 88.3 cm³/mol. The third kappa shape index (κ3) is 3.90. The van der Waals surface area contributed by atoms with Crippen molar-refractivity contribution < 1.29 is 4.74 Å². The van der Waals surface area contributed by atoms with E-state index in [1.54, 1.807) is 0 Å². The lowest BCUT2D eigenvalue weighted by molar-refractivity contribution is 0.242. The van der Waals surface area contributed by atoms with Crippen LogP contribution in [0.4, 0.5) is 5.69 Å². The Hall–Kier alpha value is -1.19. The maximum atomic E-state index is 6.23. The lowest BCUT2D eigenvalue weighted by Gasteiger charge is -2.13. The Balaban J connectivity index is 2.03. The van der Waals surface area contributed by atoms with Crippen molar-refractivity contribution in [3.05, 3.63) is 44.6 Å². The van der Waals surface area contributed by atoms with Crippen LogP contribution >= 0.6 is 22.9 Å². The van der Waals surface area contributed by atoms with Crippen LogP contribution in [-0.4, -0.2) is 6.10 Å². The van der Waals surface area contributed by atoms with Crippen LogP contribution in [0, 0.1) is 13.8 Å². The number of thiophene rings is 1. The summed E-state index contributed by atoms with van der Waals surface area (Å²) >= 11 is 8.06. The molecular weight excluding hydrogens is 290 g/mol. The van der Waals surface area contributed by atoms with Gasteiger partial charge in [0.25, 0.3) is 0 Å². The normalized spacial score (nSPS) is 10.9. The van der Waals surface area contributed by atoms with Gasteiger partial charge in [-0.1, -0.05) is 11.6 Å². The molecule has 0 aliphatic heterocycles. The number of rotatable bonds is 5. The molecule has 2 rings (SSSR count). The molecule has 0 amide bonds. The van der Waals surface area contributed by atoms with Crippen molar-refractivity contribution >= 4 is 28.6 Å². The molecule has 0 aliphatic carbocycles. The molecule has 0 unspecified atom stereocenters. The van der Waals surface area contributed by atoms with Gasteiger partial charge in [0.1, 0.15) is 5.75 Å². The molecule has 4 heteroatoms. The maximum absolute atomic E-state index is 6.23. The van der Waals surface area contributed by atoms with Crippen LogP contribution < -0.4 is 10.1 Å². The van der Waals surface area contributed by atoms with E-state index < -0.39 is 0 Å². The summed E-state index contributed by atoms with van der Waals surface area (Å²) in [7, 11) is 0. The molecule has 20 heavy (non-hydrogen) atoms. The second-order valence-corrected chi connectivity index (χ2v) is 6.97. The number of nitrogens with one attached hydrogen (secondary N) is 1. The molecule has 0 radical (unpaired) electrons. The molecular formula is C16H20ClNOS. The van der Waals surface area contributed by atoms with Gasteiger partial charge in [-0.15, -0.1) is 11.3 Å². The Morgan fingerprint density at radius 3 is 2.55 bits per heavy atom. The van der Waals surface area contributed by atoms with Gasteiger partial charge in [-0.05, 0) is 57.5 Å². The number of hydrogen-bond acceptors (Lipinski definition) is 3. The van der Waals surface area contributed by atoms with Gasteiger partial charge >= 0.3 is 0 Å². The molecule has 0 saturated heterocycles. The minimum Gasteiger partial charge on any atom is -0.489 e. The van der Waals surface area contributed by atoms with E-state index in [2.05, 4.69) is 25.2 Å². The maximum Gasteiger partial charge on any atom is 0.138 e. The largest absolute Gasteiger partial charge is 0.489 e. The summed E-state index contributed by atoms with van der Waals surface area (Å²) in [5.41, 5.74) is 2.35. The van der Waals surface area contributed by atoms with Gasteiger partial charge < -0.3 is 10.1 Å². The van der Waals surface area contributed by atoms with Crippen LogP contribution in [0.5, 0.6) is 5.75 Å². The first-order valence-electron chi connectivity index (χ1n) is 6.71. The SMILES string of the molecule is Cc1cc(CNc2ccc(OC(C)C)c(Cl)c2)c(C)s1. The summed E-state index contributed by atoms with van der Waals surface area (Å²) in [5.74, 6) is 0.731. The van der Waals surface area contributed by atoms with E-state index in [9.17, 15) is 0 Å². The van der Waals surface area contributed by atoms with E-state index in [1.165, 1.54) is 15.3 Å². The predicted octanol–water partition coefficient (Wildman–Crippen LogP) is 5.42. The van der Waals surface area contributed by atoms with E-state index in [-0.39, 0.29) is 6.10 Å². The van der Waals surface area contributed by atoms with E-state index in [1.807, 2.05) is 43.4 Å². The summed E-state index contributed by atoms with van der Waals surface area (Å²) in [6.45, 7) is 9.09. The summed E-state index contributed by atoms with van der Waals surface area (Å²) in [4.78, 5) is 2.71. The number of anilines is 1. The quantitative estimate of drug-likeness (QED) is 0.796. The van der Waals surface area contributed by atoms with E-state index in [0.29, 0.717) is 5.02 Å². The highest BCUT2D eigenvalue weighted by molar-refractivity contribution is 7.12. The minimum atomic E-state index is 0.128. The molecule has 0 bridgehead atoms. The van der Waals surface area contributed by atoms with E-state index in [0.717, 1.165) is 18.0 Å².